The van der Waals surface area contributed by atoms with Crippen LogP contribution in [0.2, 0.25) is 6.82 Å². The van der Waals surface area contributed by atoms with E-state index in [1.165, 1.54) is 7.11 Å². The van der Waals surface area contributed by atoms with Crippen molar-refractivity contribution >= 4 is 12.7 Å². The summed E-state index contributed by atoms with van der Waals surface area (Å²) in [5.74, 6) is 0.347. The topological polar surface area (TPSA) is 45.4 Å². The molecule has 4 heteroatoms. The van der Waals surface area contributed by atoms with E-state index >= 15 is 0 Å². The van der Waals surface area contributed by atoms with Crippen molar-refractivity contribution in [2.75, 3.05) is 7.11 Å². The summed E-state index contributed by atoms with van der Waals surface area (Å²) in [5, 5.41) is 3.01. The molecule has 0 heterocycles. The molecule has 3 nitrogen and oxygen atoms in total. The number of nitrogens with zero attached hydrogens (tertiary/aromatic N) is 1. The number of hydrogen-bond acceptors (Lipinski definition) is 3. The Morgan fingerprint density at radius 3 is 2.43 bits per heavy atom. The number of rotatable bonds is 2. The number of nitrogens with one attached hydrogen (secondary N) is 1. The maximum absolute atomic E-state index is 6.39. The van der Waals surface area contributed by atoms with Crippen molar-refractivity contribution in [2.45, 2.75) is 6.82 Å². The minimum atomic E-state index is 0.347. The molecule has 0 spiro atoms. The molecule has 0 aromatic rings. The first-order valence-electron chi connectivity index (χ1n) is 1.93. The number of ether oxygens (including phenoxy) is 1. The van der Waals surface area contributed by atoms with Crippen LogP contribution in [0.4, 0.5) is 0 Å². The molecule has 0 aliphatic heterocycles. The van der Waals surface area contributed by atoms with Crippen molar-refractivity contribution in [1.29, 1.82) is 5.53 Å². The van der Waals surface area contributed by atoms with E-state index in [1.807, 2.05) is 0 Å². The second-order valence-corrected chi connectivity index (χ2v) is 0.943. The molecule has 38 valence electrons. The summed E-state index contributed by atoms with van der Waals surface area (Å²) in [6.45, 7) is 3.38. The zero-order chi connectivity index (χ0) is 5.70. The summed E-state index contributed by atoms with van der Waals surface area (Å²) >= 11 is 0. The molecule has 0 saturated carbocycles. The molecule has 0 atom stereocenters. The van der Waals surface area contributed by atoms with Gasteiger partial charge in [0.25, 0.3) is 0 Å². The molecule has 0 fully saturated rings. The third kappa shape index (κ3) is 2.08. The molecule has 7 heavy (non-hydrogen) atoms. The Bertz CT molecular complexity index is 90.9. The predicted octanol–water partition coefficient (Wildman–Crippen LogP) is 0.503. The van der Waals surface area contributed by atoms with Crippen LogP contribution in [0.15, 0.2) is 5.11 Å². The van der Waals surface area contributed by atoms with E-state index in [9.17, 15) is 0 Å². The van der Waals surface area contributed by atoms with E-state index in [2.05, 4.69) is 9.85 Å². The standard InChI is InChI=1S/C3H7BN2O/c1-4-3(6-5)7-2/h5H,1-2H3. The summed E-state index contributed by atoms with van der Waals surface area (Å²) in [6, 6.07) is 0. The third-order valence-electron chi connectivity index (χ3n) is 0.566. The molecular formula is C3H7BN2O. The monoisotopic (exact) mass is 98.1 g/mol. The molecule has 0 saturated heterocycles. The van der Waals surface area contributed by atoms with Gasteiger partial charge >= 0.3 is 42.0 Å². The van der Waals surface area contributed by atoms with Crippen molar-refractivity contribution in [2.24, 2.45) is 5.11 Å². The van der Waals surface area contributed by atoms with Gasteiger partial charge in [-0.15, -0.1) is 0 Å². The fraction of sp³-hybridized carbons (Fsp3) is 0.667. The Balaban J connectivity index is 3.60. The van der Waals surface area contributed by atoms with E-state index in [0.29, 0.717) is 5.77 Å². The molecule has 0 unspecified atom stereocenters. The van der Waals surface area contributed by atoms with E-state index < -0.39 is 0 Å². The first-order chi connectivity index (χ1) is 3.35. The Morgan fingerprint density at radius 1 is 1.86 bits per heavy atom. The van der Waals surface area contributed by atoms with Crippen molar-refractivity contribution < 1.29 is 4.74 Å². The van der Waals surface area contributed by atoms with Gasteiger partial charge in [-0.3, -0.25) is 0 Å². The van der Waals surface area contributed by atoms with Gasteiger partial charge in [0.15, 0.2) is 0 Å². The summed E-state index contributed by atoms with van der Waals surface area (Å²) in [4.78, 5) is 0. The van der Waals surface area contributed by atoms with Gasteiger partial charge in [-0.05, 0) is 0 Å². The summed E-state index contributed by atoms with van der Waals surface area (Å²) in [5.41, 5.74) is 6.39. The van der Waals surface area contributed by atoms with Gasteiger partial charge in [0.2, 0.25) is 0 Å². The van der Waals surface area contributed by atoms with Gasteiger partial charge in [0.05, 0.1) is 0 Å². The van der Waals surface area contributed by atoms with Crippen LogP contribution in [0.5, 0.6) is 0 Å². The average Bonchev–Trinajstić information content (AvgIpc) is 1.72. The summed E-state index contributed by atoms with van der Waals surface area (Å²) in [7, 11) is 1.48. The molecule has 0 aliphatic carbocycles. The first-order valence-corrected chi connectivity index (χ1v) is 1.93. The summed E-state index contributed by atoms with van der Waals surface area (Å²) < 4.78 is 4.56. The van der Waals surface area contributed by atoms with Gasteiger partial charge < -0.3 is 0 Å². The predicted molar refractivity (Wildman–Crippen MR) is 28.8 cm³/mol. The molecule has 0 rings (SSSR count). The van der Waals surface area contributed by atoms with Crippen LogP contribution in [-0.4, -0.2) is 19.8 Å². The van der Waals surface area contributed by atoms with Gasteiger partial charge in [0.1, 0.15) is 0 Å². The van der Waals surface area contributed by atoms with Crippen LogP contribution < -0.4 is 0 Å². The fourth-order valence-corrected chi connectivity index (χ4v) is 0.228. The van der Waals surface area contributed by atoms with Crippen LogP contribution in [0.1, 0.15) is 0 Å². The number of methoxy groups -OCH3 is 1. The third-order valence-corrected chi connectivity index (χ3v) is 0.566. The Kier molecular flexibility index (Phi) is 3.19. The van der Waals surface area contributed by atoms with Gasteiger partial charge in [-0.25, -0.2) is 0 Å². The molecule has 0 aromatic heterocycles. The SMILES string of the molecule is CB=C(N=N)OC. The van der Waals surface area contributed by atoms with E-state index in [4.69, 9.17) is 5.53 Å². The van der Waals surface area contributed by atoms with Crippen LogP contribution >= 0.6 is 0 Å². The van der Waals surface area contributed by atoms with E-state index in [0.717, 1.165) is 0 Å². The zero-order valence-electron chi connectivity index (χ0n) is 4.43. The summed E-state index contributed by atoms with van der Waals surface area (Å²) in [6.07, 6.45) is 0. The molecule has 0 radical (unpaired) electrons. The van der Waals surface area contributed by atoms with Crippen LogP contribution in [0, 0.1) is 5.53 Å². The Morgan fingerprint density at radius 2 is 2.43 bits per heavy atom. The molecule has 0 aromatic carbocycles. The van der Waals surface area contributed by atoms with Crippen molar-refractivity contribution in [3.05, 3.63) is 0 Å². The second-order valence-electron chi connectivity index (χ2n) is 0.943. The van der Waals surface area contributed by atoms with Crippen molar-refractivity contribution in [3.63, 3.8) is 0 Å². The number of hydrogen-bond donors (Lipinski definition) is 1. The van der Waals surface area contributed by atoms with Gasteiger partial charge in [-0.2, -0.15) is 0 Å². The molecule has 0 amide bonds. The van der Waals surface area contributed by atoms with E-state index in [1.54, 1.807) is 13.7 Å². The minimum absolute atomic E-state index is 0.347. The molecule has 0 aliphatic rings. The quantitative estimate of drug-likeness (QED) is 0.396. The van der Waals surface area contributed by atoms with Crippen LogP contribution in [0.25, 0.3) is 0 Å². The van der Waals surface area contributed by atoms with Crippen molar-refractivity contribution in [3.8, 4) is 0 Å². The van der Waals surface area contributed by atoms with Gasteiger partial charge in [0, 0.05) is 0 Å². The molecular weight excluding hydrogens is 90.9 g/mol. The Labute approximate surface area is 43.1 Å². The van der Waals surface area contributed by atoms with Crippen molar-refractivity contribution in [1.82, 2.24) is 0 Å². The van der Waals surface area contributed by atoms with Gasteiger partial charge in [-0.1, -0.05) is 0 Å². The van der Waals surface area contributed by atoms with E-state index in [-0.39, 0.29) is 0 Å². The first kappa shape index (κ1) is 6.33. The average molecular weight is 97.9 g/mol. The fourth-order valence-electron chi connectivity index (χ4n) is 0.228. The Hall–Kier alpha value is -0.665. The van der Waals surface area contributed by atoms with Crippen LogP contribution in [0.3, 0.4) is 0 Å². The van der Waals surface area contributed by atoms with Crippen LogP contribution in [-0.2, 0) is 4.74 Å². The second kappa shape index (κ2) is 3.52. The maximum atomic E-state index is 6.39. The normalized spacial score (nSPS) is 9.71. The zero-order valence-corrected chi connectivity index (χ0v) is 4.43. The molecule has 1 N–H and O–H groups in total. The molecule has 0 bridgehead atoms.